The molecule has 0 N–H and O–H groups in total. The zero-order valence-corrected chi connectivity index (χ0v) is 12.2. The molecule has 22 heavy (non-hydrogen) atoms. The van der Waals surface area contributed by atoms with Crippen molar-refractivity contribution >= 4 is 5.91 Å². The molecule has 1 aliphatic heterocycles. The van der Waals surface area contributed by atoms with Gasteiger partial charge in [-0.05, 0) is 24.3 Å². The summed E-state index contributed by atoms with van der Waals surface area (Å²) in [6.45, 7) is 1.36. The Bertz CT molecular complexity index is 604. The lowest BCUT2D eigenvalue weighted by molar-refractivity contribution is -0.132. The number of aromatic nitrogens is 1. The smallest absolute Gasteiger partial charge is 0.260 e. The molecule has 0 spiro atoms. The molecule has 1 amide bonds. The zero-order chi connectivity index (χ0) is 15.2. The number of para-hydroxylation sites is 1. The van der Waals surface area contributed by atoms with E-state index in [0.717, 1.165) is 12.2 Å². The van der Waals surface area contributed by atoms with Gasteiger partial charge in [0.2, 0.25) is 0 Å². The van der Waals surface area contributed by atoms with Crippen LogP contribution >= 0.6 is 0 Å². The van der Waals surface area contributed by atoms with Crippen LogP contribution in [0.25, 0.3) is 0 Å². The van der Waals surface area contributed by atoms with Gasteiger partial charge in [0.25, 0.3) is 5.91 Å². The number of carbonyl (C=O) groups is 1. The second-order valence-electron chi connectivity index (χ2n) is 5.15. The molecule has 1 aromatic heterocycles. The van der Waals surface area contributed by atoms with Crippen molar-refractivity contribution in [3.63, 3.8) is 0 Å². The van der Waals surface area contributed by atoms with E-state index >= 15 is 0 Å². The molecule has 3 rings (SSSR count). The van der Waals surface area contributed by atoms with Crippen LogP contribution in [0.4, 0.5) is 0 Å². The van der Waals surface area contributed by atoms with E-state index in [-0.39, 0.29) is 18.6 Å². The average Bonchev–Trinajstić information content (AvgIpc) is 3.03. The predicted molar refractivity (Wildman–Crippen MR) is 81.8 cm³/mol. The fourth-order valence-electron chi connectivity index (χ4n) is 2.41. The lowest BCUT2D eigenvalue weighted by atomic mass is 10.3. The molecule has 0 radical (unpaired) electrons. The average molecular weight is 298 g/mol. The number of nitrogens with zero attached hydrogens (tertiary/aromatic N) is 2. The molecule has 114 valence electrons. The lowest BCUT2D eigenvalue weighted by Gasteiger charge is -2.17. The maximum Gasteiger partial charge on any atom is 0.260 e. The van der Waals surface area contributed by atoms with Gasteiger partial charge in [0.05, 0.1) is 6.54 Å². The molecular formula is C17H18N2O3. The van der Waals surface area contributed by atoms with Crippen LogP contribution in [-0.4, -0.2) is 41.6 Å². The number of ether oxygens (including phenoxy) is 2. The SMILES string of the molecule is O=C(COc1ccccc1)N1CC[C@@H](Oc2ccncc2)C1. The van der Waals surface area contributed by atoms with Gasteiger partial charge in [-0.1, -0.05) is 18.2 Å². The molecule has 5 nitrogen and oxygen atoms in total. The Morgan fingerprint density at radius 3 is 2.68 bits per heavy atom. The lowest BCUT2D eigenvalue weighted by Crippen LogP contribution is -2.34. The highest BCUT2D eigenvalue weighted by atomic mass is 16.5. The molecule has 1 saturated heterocycles. The van der Waals surface area contributed by atoms with Gasteiger partial charge in [-0.2, -0.15) is 0 Å². The van der Waals surface area contributed by atoms with Crippen LogP contribution in [0.3, 0.4) is 0 Å². The Kier molecular flexibility index (Phi) is 4.53. The molecule has 0 saturated carbocycles. The van der Waals surface area contributed by atoms with Gasteiger partial charge in [0.15, 0.2) is 6.61 Å². The number of amides is 1. The van der Waals surface area contributed by atoms with Gasteiger partial charge in [-0.15, -0.1) is 0 Å². The minimum absolute atomic E-state index is 0.00955. The van der Waals surface area contributed by atoms with Crippen molar-refractivity contribution in [2.75, 3.05) is 19.7 Å². The number of pyridine rings is 1. The van der Waals surface area contributed by atoms with Crippen molar-refractivity contribution in [2.24, 2.45) is 0 Å². The van der Waals surface area contributed by atoms with Crippen molar-refractivity contribution in [1.29, 1.82) is 0 Å². The molecular weight excluding hydrogens is 280 g/mol. The van der Waals surface area contributed by atoms with E-state index in [0.29, 0.717) is 18.8 Å². The number of hydrogen-bond acceptors (Lipinski definition) is 4. The fourth-order valence-corrected chi connectivity index (χ4v) is 2.41. The number of carbonyl (C=O) groups excluding carboxylic acids is 1. The molecule has 5 heteroatoms. The number of likely N-dealkylation sites (tertiary alicyclic amines) is 1. The monoisotopic (exact) mass is 298 g/mol. The summed E-state index contributed by atoms with van der Waals surface area (Å²) in [6.07, 6.45) is 4.25. The van der Waals surface area contributed by atoms with Gasteiger partial charge in [0.1, 0.15) is 17.6 Å². The number of rotatable bonds is 5. The minimum Gasteiger partial charge on any atom is -0.488 e. The van der Waals surface area contributed by atoms with E-state index in [1.54, 1.807) is 17.3 Å². The molecule has 2 aromatic rings. The van der Waals surface area contributed by atoms with Crippen molar-refractivity contribution in [3.05, 3.63) is 54.9 Å². The maximum absolute atomic E-state index is 12.2. The summed E-state index contributed by atoms with van der Waals surface area (Å²) in [6, 6.07) is 13.0. The van der Waals surface area contributed by atoms with Crippen LogP contribution in [0.15, 0.2) is 54.9 Å². The second-order valence-corrected chi connectivity index (χ2v) is 5.15. The first-order chi connectivity index (χ1) is 10.8. The van der Waals surface area contributed by atoms with Crippen LogP contribution in [0.2, 0.25) is 0 Å². The van der Waals surface area contributed by atoms with Crippen molar-refractivity contribution in [1.82, 2.24) is 9.88 Å². The predicted octanol–water partition coefficient (Wildman–Crippen LogP) is 2.14. The van der Waals surface area contributed by atoms with Crippen molar-refractivity contribution in [2.45, 2.75) is 12.5 Å². The molecule has 1 atom stereocenters. The van der Waals surface area contributed by atoms with Crippen LogP contribution in [-0.2, 0) is 4.79 Å². The maximum atomic E-state index is 12.2. The normalized spacial score (nSPS) is 17.3. The summed E-state index contributed by atoms with van der Waals surface area (Å²) in [7, 11) is 0. The number of benzene rings is 1. The summed E-state index contributed by atoms with van der Waals surface area (Å²) >= 11 is 0. The quantitative estimate of drug-likeness (QED) is 0.848. The van der Waals surface area contributed by atoms with Crippen LogP contribution in [0.1, 0.15) is 6.42 Å². The first-order valence-electron chi connectivity index (χ1n) is 7.33. The number of hydrogen-bond donors (Lipinski definition) is 0. The Morgan fingerprint density at radius 2 is 1.91 bits per heavy atom. The third kappa shape index (κ3) is 3.75. The highest BCUT2D eigenvalue weighted by Gasteiger charge is 2.27. The van der Waals surface area contributed by atoms with Gasteiger partial charge in [0, 0.05) is 25.4 Å². The summed E-state index contributed by atoms with van der Waals surface area (Å²) in [5.74, 6) is 1.49. The molecule has 1 fully saturated rings. The van der Waals surface area contributed by atoms with Gasteiger partial charge in [-0.25, -0.2) is 0 Å². The Labute approximate surface area is 129 Å². The van der Waals surface area contributed by atoms with E-state index < -0.39 is 0 Å². The highest BCUT2D eigenvalue weighted by Crippen LogP contribution is 2.18. The molecule has 0 unspecified atom stereocenters. The van der Waals surface area contributed by atoms with Gasteiger partial charge < -0.3 is 14.4 Å². The topological polar surface area (TPSA) is 51.7 Å². The Hall–Kier alpha value is -2.56. The Morgan fingerprint density at radius 1 is 1.14 bits per heavy atom. The van der Waals surface area contributed by atoms with Gasteiger partial charge in [-0.3, -0.25) is 9.78 Å². The molecule has 2 heterocycles. The first-order valence-corrected chi connectivity index (χ1v) is 7.33. The summed E-state index contributed by atoms with van der Waals surface area (Å²) < 4.78 is 11.3. The molecule has 0 bridgehead atoms. The summed E-state index contributed by atoms with van der Waals surface area (Å²) in [5, 5.41) is 0. The minimum atomic E-state index is -0.00955. The van der Waals surface area contributed by atoms with E-state index in [1.165, 1.54) is 0 Å². The van der Waals surface area contributed by atoms with Crippen molar-refractivity contribution in [3.8, 4) is 11.5 Å². The van der Waals surface area contributed by atoms with E-state index in [2.05, 4.69) is 4.98 Å². The largest absolute Gasteiger partial charge is 0.488 e. The molecule has 1 aromatic carbocycles. The van der Waals surface area contributed by atoms with Crippen LogP contribution in [0.5, 0.6) is 11.5 Å². The van der Waals surface area contributed by atoms with Crippen molar-refractivity contribution < 1.29 is 14.3 Å². The third-order valence-corrected chi connectivity index (χ3v) is 3.56. The standard InChI is InChI=1S/C17H18N2O3/c20-17(13-21-14-4-2-1-3-5-14)19-11-8-16(12-19)22-15-6-9-18-10-7-15/h1-7,9-10,16H,8,11-13H2/t16-/m1/s1. The van der Waals surface area contributed by atoms with Gasteiger partial charge >= 0.3 is 0 Å². The fraction of sp³-hybridized carbons (Fsp3) is 0.294. The van der Waals surface area contributed by atoms with Crippen LogP contribution in [0, 0.1) is 0 Å². The van der Waals surface area contributed by atoms with Crippen LogP contribution < -0.4 is 9.47 Å². The zero-order valence-electron chi connectivity index (χ0n) is 12.2. The third-order valence-electron chi connectivity index (χ3n) is 3.56. The molecule has 1 aliphatic rings. The second kappa shape index (κ2) is 6.93. The summed E-state index contributed by atoms with van der Waals surface area (Å²) in [4.78, 5) is 17.9. The Balaban J connectivity index is 1.46. The first kappa shape index (κ1) is 14.4. The van der Waals surface area contributed by atoms with E-state index in [4.69, 9.17) is 9.47 Å². The highest BCUT2D eigenvalue weighted by molar-refractivity contribution is 5.78. The van der Waals surface area contributed by atoms with E-state index in [1.807, 2.05) is 42.5 Å². The summed E-state index contributed by atoms with van der Waals surface area (Å²) in [5.41, 5.74) is 0. The molecule has 0 aliphatic carbocycles. The van der Waals surface area contributed by atoms with E-state index in [9.17, 15) is 4.79 Å².